The van der Waals surface area contributed by atoms with Crippen LogP contribution < -0.4 is 4.90 Å². The molecular weight excluding hydrogens is 220 g/mol. The summed E-state index contributed by atoms with van der Waals surface area (Å²) in [5.41, 5.74) is 0.193. The quantitative estimate of drug-likeness (QED) is 0.801. The van der Waals surface area contributed by atoms with Crippen LogP contribution >= 0.6 is 0 Å². The van der Waals surface area contributed by atoms with E-state index in [1.54, 1.807) is 12.1 Å². The summed E-state index contributed by atoms with van der Waals surface area (Å²) in [6.07, 6.45) is 1.85. The maximum Gasteiger partial charge on any atom is 0.337 e. The van der Waals surface area contributed by atoms with Gasteiger partial charge in [-0.1, -0.05) is 6.92 Å². The van der Waals surface area contributed by atoms with Crippen LogP contribution in [-0.2, 0) is 0 Å². The van der Waals surface area contributed by atoms with Crippen molar-refractivity contribution in [1.82, 2.24) is 4.98 Å². The van der Waals surface area contributed by atoms with Crippen molar-refractivity contribution in [2.75, 3.05) is 18.0 Å². The number of aromatic nitrogens is 1. The third-order valence-electron chi connectivity index (χ3n) is 3.18. The zero-order valence-electron chi connectivity index (χ0n) is 9.71. The third kappa shape index (κ3) is 2.55. The number of hydrogen-bond donors (Lipinski definition) is 2. The molecule has 2 rings (SSSR count). The summed E-state index contributed by atoms with van der Waals surface area (Å²) in [7, 11) is 0. The van der Waals surface area contributed by atoms with Crippen molar-refractivity contribution in [3.63, 3.8) is 0 Å². The predicted octanol–water partition coefficient (Wildman–Crippen LogP) is 0.987. The minimum atomic E-state index is -0.966. The molecule has 0 saturated carbocycles. The summed E-state index contributed by atoms with van der Waals surface area (Å²) in [4.78, 5) is 16.9. The fraction of sp³-hybridized carbons (Fsp3) is 0.500. The lowest BCUT2D eigenvalue weighted by molar-refractivity contribution is 0.0696. The number of carbonyl (C=O) groups is 1. The number of anilines is 1. The molecule has 0 amide bonds. The number of piperidine rings is 1. The van der Waals surface area contributed by atoms with E-state index in [0.29, 0.717) is 0 Å². The highest BCUT2D eigenvalue weighted by Crippen LogP contribution is 2.21. The Morgan fingerprint density at radius 3 is 2.82 bits per heavy atom. The van der Waals surface area contributed by atoms with Crippen molar-refractivity contribution in [2.24, 2.45) is 5.92 Å². The molecule has 0 aliphatic carbocycles. The molecule has 0 radical (unpaired) electrons. The topological polar surface area (TPSA) is 73.7 Å². The van der Waals surface area contributed by atoms with Crippen molar-refractivity contribution in [3.05, 3.63) is 23.9 Å². The summed E-state index contributed by atoms with van der Waals surface area (Å²) >= 11 is 0. The highest BCUT2D eigenvalue weighted by Gasteiger charge is 2.24. The highest BCUT2D eigenvalue weighted by atomic mass is 16.4. The van der Waals surface area contributed by atoms with E-state index in [1.807, 2.05) is 6.92 Å². The van der Waals surface area contributed by atoms with E-state index in [9.17, 15) is 9.90 Å². The summed E-state index contributed by atoms with van der Waals surface area (Å²) < 4.78 is 0. The van der Waals surface area contributed by atoms with Gasteiger partial charge in [0, 0.05) is 19.3 Å². The molecule has 0 bridgehead atoms. The number of rotatable bonds is 2. The van der Waals surface area contributed by atoms with Crippen molar-refractivity contribution < 1.29 is 15.0 Å². The van der Waals surface area contributed by atoms with Crippen molar-refractivity contribution in [2.45, 2.75) is 19.4 Å². The first kappa shape index (κ1) is 11.9. The molecule has 17 heavy (non-hydrogen) atoms. The molecule has 1 aliphatic heterocycles. The fourth-order valence-corrected chi connectivity index (χ4v) is 2.04. The first-order chi connectivity index (χ1) is 8.08. The monoisotopic (exact) mass is 236 g/mol. The molecule has 1 aromatic heterocycles. The Balaban J connectivity index is 2.10. The lowest BCUT2D eigenvalue weighted by Crippen LogP contribution is -2.42. The number of carboxylic acids is 1. The van der Waals surface area contributed by atoms with Crippen LogP contribution in [0.2, 0.25) is 0 Å². The summed E-state index contributed by atoms with van der Waals surface area (Å²) in [6, 6.07) is 3.27. The molecule has 5 heteroatoms. The van der Waals surface area contributed by atoms with Crippen LogP contribution in [0.3, 0.4) is 0 Å². The van der Waals surface area contributed by atoms with Gasteiger partial charge in [-0.3, -0.25) is 0 Å². The molecule has 92 valence electrons. The number of aliphatic hydroxyl groups excluding tert-OH is 1. The Morgan fingerprint density at radius 2 is 2.29 bits per heavy atom. The Hall–Kier alpha value is -1.62. The molecule has 0 unspecified atom stereocenters. The number of hydrogen-bond acceptors (Lipinski definition) is 4. The van der Waals surface area contributed by atoms with E-state index in [2.05, 4.69) is 9.88 Å². The van der Waals surface area contributed by atoms with Crippen LogP contribution in [0.5, 0.6) is 0 Å². The molecule has 2 N–H and O–H groups in total. The molecule has 1 fully saturated rings. The predicted molar refractivity (Wildman–Crippen MR) is 63.2 cm³/mol. The van der Waals surface area contributed by atoms with Crippen LogP contribution in [0, 0.1) is 5.92 Å². The van der Waals surface area contributed by atoms with Gasteiger partial charge in [0.15, 0.2) is 0 Å². The van der Waals surface area contributed by atoms with E-state index in [4.69, 9.17) is 5.11 Å². The van der Waals surface area contributed by atoms with Gasteiger partial charge in [-0.15, -0.1) is 0 Å². The zero-order valence-corrected chi connectivity index (χ0v) is 9.71. The second-order valence-electron chi connectivity index (χ2n) is 4.49. The van der Waals surface area contributed by atoms with Crippen molar-refractivity contribution in [3.8, 4) is 0 Å². The average molecular weight is 236 g/mol. The Kier molecular flexibility index (Phi) is 3.28. The van der Waals surface area contributed by atoms with Crippen molar-refractivity contribution >= 4 is 11.8 Å². The first-order valence-electron chi connectivity index (χ1n) is 5.70. The molecule has 2 heterocycles. The summed E-state index contributed by atoms with van der Waals surface area (Å²) in [5.74, 6) is 0.0185. The number of nitrogens with zero attached hydrogens (tertiary/aromatic N) is 2. The molecular formula is C12H16N2O3. The molecule has 1 aromatic rings. The maximum absolute atomic E-state index is 10.7. The normalized spacial score (nSPS) is 24.7. The Bertz CT molecular complexity index is 405. The Morgan fingerprint density at radius 1 is 1.53 bits per heavy atom. The van der Waals surface area contributed by atoms with E-state index in [0.717, 1.165) is 25.3 Å². The molecule has 0 aromatic carbocycles. The van der Waals surface area contributed by atoms with Gasteiger partial charge in [0.25, 0.3) is 0 Å². The lowest BCUT2D eigenvalue weighted by Gasteiger charge is -2.35. The first-order valence-corrected chi connectivity index (χ1v) is 5.70. The fourth-order valence-electron chi connectivity index (χ4n) is 2.04. The lowest BCUT2D eigenvalue weighted by atomic mass is 9.97. The standard InChI is InChI=1S/C12H16N2O3/c1-8-7-14(5-4-10(8)15)11-3-2-9(6-13-11)12(16)17/h2-3,6,8,10,15H,4-5,7H2,1H3,(H,16,17)/t8-,10-/m0/s1. The van der Waals surface area contributed by atoms with Gasteiger partial charge in [0.05, 0.1) is 11.7 Å². The van der Waals surface area contributed by atoms with E-state index in [1.165, 1.54) is 6.20 Å². The maximum atomic E-state index is 10.7. The van der Waals surface area contributed by atoms with Gasteiger partial charge in [-0.2, -0.15) is 0 Å². The van der Waals surface area contributed by atoms with Crippen LogP contribution in [-0.4, -0.2) is 40.4 Å². The number of pyridine rings is 1. The summed E-state index contributed by atoms with van der Waals surface area (Å²) in [6.45, 7) is 3.51. The second kappa shape index (κ2) is 4.71. The van der Waals surface area contributed by atoms with Crippen LogP contribution in [0.4, 0.5) is 5.82 Å². The van der Waals surface area contributed by atoms with Gasteiger partial charge in [-0.05, 0) is 24.5 Å². The largest absolute Gasteiger partial charge is 0.478 e. The van der Waals surface area contributed by atoms with Gasteiger partial charge >= 0.3 is 5.97 Å². The number of aromatic carboxylic acids is 1. The van der Waals surface area contributed by atoms with Gasteiger partial charge in [-0.25, -0.2) is 9.78 Å². The molecule has 0 spiro atoms. The van der Waals surface area contributed by atoms with E-state index in [-0.39, 0.29) is 17.6 Å². The highest BCUT2D eigenvalue weighted by molar-refractivity contribution is 5.87. The van der Waals surface area contributed by atoms with Crippen LogP contribution in [0.15, 0.2) is 18.3 Å². The molecule has 1 aliphatic rings. The smallest absolute Gasteiger partial charge is 0.337 e. The van der Waals surface area contributed by atoms with Gasteiger partial charge in [0.1, 0.15) is 5.82 Å². The summed E-state index contributed by atoms with van der Waals surface area (Å²) in [5, 5.41) is 18.4. The number of carboxylic acid groups (broad SMARTS) is 1. The molecule has 1 saturated heterocycles. The Labute approximate surface area is 99.7 Å². The average Bonchev–Trinajstić information content (AvgIpc) is 2.33. The van der Waals surface area contributed by atoms with E-state index >= 15 is 0 Å². The zero-order chi connectivity index (χ0) is 12.4. The SMILES string of the molecule is C[C@H]1CN(c2ccc(C(=O)O)cn2)CC[C@@H]1O. The minimum absolute atomic E-state index is 0.193. The molecule has 2 atom stereocenters. The molecule has 5 nitrogen and oxygen atoms in total. The number of aliphatic hydroxyl groups is 1. The minimum Gasteiger partial charge on any atom is -0.478 e. The van der Waals surface area contributed by atoms with Crippen LogP contribution in [0.1, 0.15) is 23.7 Å². The van der Waals surface area contributed by atoms with Gasteiger partial charge < -0.3 is 15.1 Å². The second-order valence-corrected chi connectivity index (χ2v) is 4.49. The van der Waals surface area contributed by atoms with E-state index < -0.39 is 5.97 Å². The van der Waals surface area contributed by atoms with Crippen molar-refractivity contribution in [1.29, 1.82) is 0 Å². The van der Waals surface area contributed by atoms with Gasteiger partial charge in [0.2, 0.25) is 0 Å². The van der Waals surface area contributed by atoms with Crippen LogP contribution in [0.25, 0.3) is 0 Å². The third-order valence-corrected chi connectivity index (χ3v) is 3.18.